The highest BCUT2D eigenvalue weighted by molar-refractivity contribution is 6.12. The van der Waals surface area contributed by atoms with Crippen LogP contribution >= 0.6 is 0 Å². The standard InChI is InChI=1S/C59H39N5/c1-37-43-26-15-28-45(39-33-34-54-50(36-39)48-25-10-13-32-53(48)63(54)41-20-6-3-7-21-41)55(43)56-44(37)27-16-29-49(56)59-61-57(38-17-4-2-5-18-38)60-58(62-59)40-19-14-22-42(35-40)64-51-30-11-8-23-46(51)47-24-9-12-31-52(47)64/h2-37H,1H3/t37-/m0/s1. The molecule has 0 saturated heterocycles. The maximum atomic E-state index is 5.40. The maximum Gasteiger partial charge on any atom is 0.164 e. The summed E-state index contributed by atoms with van der Waals surface area (Å²) in [6.07, 6.45) is 0. The Morgan fingerprint density at radius 3 is 1.47 bits per heavy atom. The van der Waals surface area contributed by atoms with Crippen LogP contribution in [0, 0.1) is 0 Å². The molecule has 64 heavy (non-hydrogen) atoms. The summed E-state index contributed by atoms with van der Waals surface area (Å²) in [5.41, 5.74) is 17.1. The van der Waals surface area contributed by atoms with Gasteiger partial charge in [0.2, 0.25) is 0 Å². The van der Waals surface area contributed by atoms with E-state index in [1.807, 2.05) is 18.2 Å². The fourth-order valence-corrected chi connectivity index (χ4v) is 10.3. The smallest absolute Gasteiger partial charge is 0.164 e. The van der Waals surface area contributed by atoms with E-state index in [4.69, 9.17) is 15.0 Å². The number of fused-ring (bicyclic) bond motifs is 9. The predicted molar refractivity (Wildman–Crippen MR) is 263 cm³/mol. The number of aromatic nitrogens is 5. The van der Waals surface area contributed by atoms with E-state index < -0.39 is 0 Å². The molecule has 13 rings (SSSR count). The molecule has 0 unspecified atom stereocenters. The van der Waals surface area contributed by atoms with Crippen LogP contribution in [-0.4, -0.2) is 24.1 Å². The van der Waals surface area contributed by atoms with Crippen molar-refractivity contribution in [2.75, 3.05) is 0 Å². The van der Waals surface area contributed by atoms with Gasteiger partial charge in [0.1, 0.15) is 0 Å². The molecular weight excluding hydrogens is 779 g/mol. The molecule has 0 aliphatic heterocycles. The predicted octanol–water partition coefficient (Wildman–Crippen LogP) is 14.9. The van der Waals surface area contributed by atoms with Gasteiger partial charge in [0.25, 0.3) is 0 Å². The minimum Gasteiger partial charge on any atom is -0.309 e. The Hall–Kier alpha value is -8.41. The lowest BCUT2D eigenvalue weighted by Crippen LogP contribution is -2.02. The van der Waals surface area contributed by atoms with Gasteiger partial charge < -0.3 is 9.13 Å². The Balaban J connectivity index is 1.000. The Morgan fingerprint density at radius 1 is 0.328 bits per heavy atom. The molecule has 0 fully saturated rings. The van der Waals surface area contributed by atoms with Gasteiger partial charge in [-0.1, -0.05) is 165 Å². The second-order valence-electron chi connectivity index (χ2n) is 16.8. The molecule has 3 aromatic heterocycles. The summed E-state index contributed by atoms with van der Waals surface area (Å²) in [7, 11) is 0. The van der Waals surface area contributed by atoms with Crippen molar-refractivity contribution in [3.8, 4) is 67.8 Å². The molecule has 0 amide bonds. The van der Waals surface area contributed by atoms with Crippen LogP contribution in [0.5, 0.6) is 0 Å². The number of hydrogen-bond acceptors (Lipinski definition) is 3. The van der Waals surface area contributed by atoms with Crippen LogP contribution in [0.4, 0.5) is 0 Å². The zero-order chi connectivity index (χ0) is 42.3. The Labute approximate surface area is 370 Å². The van der Waals surface area contributed by atoms with Crippen LogP contribution in [0.2, 0.25) is 0 Å². The second kappa shape index (κ2) is 14.3. The molecule has 1 aliphatic rings. The molecule has 0 spiro atoms. The van der Waals surface area contributed by atoms with Crippen molar-refractivity contribution in [2.45, 2.75) is 12.8 Å². The Morgan fingerprint density at radius 2 is 0.797 bits per heavy atom. The first-order valence-electron chi connectivity index (χ1n) is 21.9. The molecule has 0 saturated carbocycles. The summed E-state index contributed by atoms with van der Waals surface area (Å²) in [5, 5.41) is 4.91. The highest BCUT2D eigenvalue weighted by Crippen LogP contribution is 2.52. The lowest BCUT2D eigenvalue weighted by atomic mass is 9.91. The van der Waals surface area contributed by atoms with Crippen LogP contribution in [0.1, 0.15) is 24.0 Å². The molecule has 300 valence electrons. The largest absolute Gasteiger partial charge is 0.309 e. The van der Waals surface area contributed by atoms with E-state index in [-0.39, 0.29) is 5.92 Å². The maximum absolute atomic E-state index is 5.40. The molecule has 0 radical (unpaired) electrons. The average Bonchev–Trinajstić information content (AvgIpc) is 3.99. The van der Waals surface area contributed by atoms with Gasteiger partial charge in [-0.05, 0) is 88.0 Å². The number of rotatable bonds is 6. The fourth-order valence-electron chi connectivity index (χ4n) is 10.3. The second-order valence-corrected chi connectivity index (χ2v) is 16.8. The van der Waals surface area contributed by atoms with Gasteiger partial charge in [0, 0.05) is 55.5 Å². The highest BCUT2D eigenvalue weighted by atomic mass is 15.0. The van der Waals surface area contributed by atoms with Gasteiger partial charge >= 0.3 is 0 Å². The Bertz CT molecular complexity index is 3750. The van der Waals surface area contributed by atoms with Crippen molar-refractivity contribution in [3.63, 3.8) is 0 Å². The quantitative estimate of drug-likeness (QED) is 0.168. The molecular formula is C59H39N5. The van der Waals surface area contributed by atoms with E-state index in [0.717, 1.165) is 39.1 Å². The molecule has 12 aromatic rings. The average molecular weight is 818 g/mol. The summed E-state index contributed by atoms with van der Waals surface area (Å²) in [6.45, 7) is 2.32. The molecule has 1 aliphatic carbocycles. The van der Waals surface area contributed by atoms with Gasteiger partial charge in [-0.3, -0.25) is 0 Å². The molecule has 3 heterocycles. The molecule has 1 atom stereocenters. The topological polar surface area (TPSA) is 48.5 Å². The number of hydrogen-bond donors (Lipinski definition) is 0. The van der Waals surface area contributed by atoms with Gasteiger partial charge in [0.05, 0.1) is 22.1 Å². The molecule has 9 aromatic carbocycles. The van der Waals surface area contributed by atoms with Crippen LogP contribution in [0.3, 0.4) is 0 Å². The SMILES string of the molecule is C[C@H]1c2cccc(-c3ccc4c(c3)c3ccccc3n4-c3ccccc3)c2-c2c(-c3nc(-c4ccccc4)nc(-c4cccc(-n5c6ccccc6c6ccccc65)c4)n3)cccc21. The molecule has 0 bridgehead atoms. The number of benzene rings is 9. The van der Waals surface area contributed by atoms with E-state index in [1.54, 1.807) is 0 Å². The van der Waals surface area contributed by atoms with E-state index >= 15 is 0 Å². The van der Waals surface area contributed by atoms with Crippen molar-refractivity contribution in [3.05, 3.63) is 223 Å². The zero-order valence-electron chi connectivity index (χ0n) is 35.0. The molecule has 5 heteroatoms. The van der Waals surface area contributed by atoms with Gasteiger partial charge in [-0.25, -0.2) is 15.0 Å². The first kappa shape index (κ1) is 36.3. The fraction of sp³-hybridized carbons (Fsp3) is 0.0339. The summed E-state index contributed by atoms with van der Waals surface area (Å²) in [5.74, 6) is 2.11. The molecule has 5 nitrogen and oxygen atoms in total. The number of para-hydroxylation sites is 4. The third-order valence-corrected chi connectivity index (χ3v) is 13.2. The van der Waals surface area contributed by atoms with Crippen LogP contribution in [-0.2, 0) is 0 Å². The monoisotopic (exact) mass is 817 g/mol. The van der Waals surface area contributed by atoms with Crippen molar-refractivity contribution in [1.82, 2.24) is 24.1 Å². The van der Waals surface area contributed by atoms with E-state index in [0.29, 0.717) is 17.5 Å². The lowest BCUT2D eigenvalue weighted by molar-refractivity contribution is 0.956. The molecule has 0 N–H and O–H groups in total. The van der Waals surface area contributed by atoms with Gasteiger partial charge in [0.15, 0.2) is 17.5 Å². The first-order chi connectivity index (χ1) is 31.7. The number of nitrogens with zero attached hydrogens (tertiary/aromatic N) is 5. The van der Waals surface area contributed by atoms with E-state index in [9.17, 15) is 0 Å². The van der Waals surface area contributed by atoms with E-state index in [1.165, 1.54) is 66.0 Å². The third kappa shape index (κ3) is 5.54. The minimum atomic E-state index is 0.187. The lowest BCUT2D eigenvalue weighted by Gasteiger charge is -2.15. The highest BCUT2D eigenvalue weighted by Gasteiger charge is 2.32. The van der Waals surface area contributed by atoms with Crippen LogP contribution < -0.4 is 0 Å². The summed E-state index contributed by atoms with van der Waals surface area (Å²) in [6, 6.07) is 75.9. The van der Waals surface area contributed by atoms with Gasteiger partial charge in [-0.2, -0.15) is 0 Å². The van der Waals surface area contributed by atoms with E-state index in [2.05, 4.69) is 210 Å². The summed E-state index contributed by atoms with van der Waals surface area (Å²) < 4.78 is 4.72. The summed E-state index contributed by atoms with van der Waals surface area (Å²) in [4.78, 5) is 15.9. The minimum absolute atomic E-state index is 0.187. The third-order valence-electron chi connectivity index (χ3n) is 13.2. The van der Waals surface area contributed by atoms with Crippen molar-refractivity contribution in [1.29, 1.82) is 0 Å². The normalized spacial score (nSPS) is 13.2. The van der Waals surface area contributed by atoms with Crippen LogP contribution in [0.15, 0.2) is 212 Å². The van der Waals surface area contributed by atoms with Crippen molar-refractivity contribution < 1.29 is 0 Å². The Kier molecular flexibility index (Phi) is 8.12. The summed E-state index contributed by atoms with van der Waals surface area (Å²) >= 11 is 0. The van der Waals surface area contributed by atoms with Gasteiger partial charge in [-0.15, -0.1) is 0 Å². The van der Waals surface area contributed by atoms with Crippen molar-refractivity contribution >= 4 is 43.6 Å². The van der Waals surface area contributed by atoms with Crippen LogP contribution in [0.25, 0.3) is 111 Å². The first-order valence-corrected chi connectivity index (χ1v) is 21.9. The van der Waals surface area contributed by atoms with Crippen molar-refractivity contribution in [2.24, 2.45) is 0 Å². The zero-order valence-corrected chi connectivity index (χ0v) is 35.0.